The molecule has 2 aliphatic rings. The van der Waals surface area contributed by atoms with Gasteiger partial charge >= 0.3 is 11.9 Å². The van der Waals surface area contributed by atoms with Gasteiger partial charge < -0.3 is 23.9 Å². The Hall–Kier alpha value is -1.90. The van der Waals surface area contributed by atoms with Gasteiger partial charge in [-0.2, -0.15) is 0 Å². The average molecular weight is 380 g/mol. The van der Waals surface area contributed by atoms with Gasteiger partial charge in [-0.25, -0.2) is 9.59 Å². The first-order chi connectivity index (χ1) is 13.1. The molecule has 1 aromatic heterocycles. The molecule has 1 N–H and O–H groups in total. The van der Waals surface area contributed by atoms with Crippen molar-refractivity contribution >= 4 is 11.9 Å². The largest absolute Gasteiger partial charge is 0.462 e. The van der Waals surface area contributed by atoms with E-state index < -0.39 is 11.9 Å². The molecule has 2 atom stereocenters. The number of hydrogen-bond acceptors (Lipinski definition) is 7. The second-order valence-corrected chi connectivity index (χ2v) is 6.73. The van der Waals surface area contributed by atoms with Gasteiger partial charge in [0.1, 0.15) is 5.69 Å². The first-order valence-electron chi connectivity index (χ1n) is 9.55. The fourth-order valence-electron chi connectivity index (χ4n) is 3.79. The van der Waals surface area contributed by atoms with Crippen molar-refractivity contribution in [3.8, 4) is 0 Å². The zero-order valence-corrected chi connectivity index (χ0v) is 16.2. The summed E-state index contributed by atoms with van der Waals surface area (Å²) < 4.78 is 21.8. The third-order valence-corrected chi connectivity index (χ3v) is 5.09. The van der Waals surface area contributed by atoms with E-state index in [1.807, 2.05) is 0 Å². The van der Waals surface area contributed by atoms with Crippen molar-refractivity contribution in [2.24, 2.45) is 0 Å². The molecule has 0 saturated carbocycles. The summed E-state index contributed by atoms with van der Waals surface area (Å²) in [5.74, 6) is -0.894. The van der Waals surface area contributed by atoms with Gasteiger partial charge in [0.2, 0.25) is 0 Å². The van der Waals surface area contributed by atoms with E-state index in [0.717, 1.165) is 13.0 Å². The number of carbonyl (C=O) groups excluding carboxylic acids is 2. The fourth-order valence-corrected chi connectivity index (χ4v) is 3.79. The van der Waals surface area contributed by atoms with Crippen LogP contribution in [0.3, 0.4) is 0 Å². The lowest BCUT2D eigenvalue weighted by atomic mass is 10.0. The first kappa shape index (κ1) is 19.9. The number of nitrogens with one attached hydrogen (secondary N) is 1. The number of esters is 2. The van der Waals surface area contributed by atoms with Crippen LogP contribution >= 0.6 is 0 Å². The van der Waals surface area contributed by atoms with E-state index in [1.165, 1.54) is 0 Å². The van der Waals surface area contributed by atoms with Gasteiger partial charge in [0.15, 0.2) is 0 Å². The highest BCUT2D eigenvalue weighted by atomic mass is 16.5. The third kappa shape index (κ3) is 4.17. The van der Waals surface area contributed by atoms with E-state index in [9.17, 15) is 9.59 Å². The monoisotopic (exact) mass is 380 g/mol. The maximum atomic E-state index is 12.5. The van der Waals surface area contributed by atoms with Crippen molar-refractivity contribution in [2.45, 2.75) is 45.9 Å². The Balaban J connectivity index is 1.89. The van der Waals surface area contributed by atoms with Gasteiger partial charge in [0.05, 0.1) is 44.1 Å². The zero-order valence-electron chi connectivity index (χ0n) is 16.2. The zero-order chi connectivity index (χ0) is 19.4. The first-order valence-corrected chi connectivity index (χ1v) is 9.55. The smallest absolute Gasteiger partial charge is 0.355 e. The van der Waals surface area contributed by atoms with E-state index in [1.54, 1.807) is 20.8 Å². The van der Waals surface area contributed by atoms with E-state index >= 15 is 0 Å². The molecule has 3 heterocycles. The van der Waals surface area contributed by atoms with Gasteiger partial charge in [-0.15, -0.1) is 0 Å². The Morgan fingerprint density at radius 3 is 2.67 bits per heavy atom. The minimum absolute atomic E-state index is 0.136. The van der Waals surface area contributed by atoms with Crippen molar-refractivity contribution in [3.63, 3.8) is 0 Å². The molecule has 2 aliphatic heterocycles. The molecule has 2 fully saturated rings. The van der Waals surface area contributed by atoms with Gasteiger partial charge in [-0.3, -0.25) is 4.90 Å². The van der Waals surface area contributed by atoms with Crippen LogP contribution in [0.5, 0.6) is 0 Å². The Morgan fingerprint density at radius 2 is 1.93 bits per heavy atom. The molecule has 8 nitrogen and oxygen atoms in total. The summed E-state index contributed by atoms with van der Waals surface area (Å²) in [6.07, 6.45) is 1.00. The highest BCUT2D eigenvalue weighted by molar-refractivity contribution is 5.98. The maximum absolute atomic E-state index is 12.5. The molecule has 0 amide bonds. The summed E-state index contributed by atoms with van der Waals surface area (Å²) in [5.41, 5.74) is 1.95. The second-order valence-electron chi connectivity index (χ2n) is 6.73. The molecular weight excluding hydrogens is 352 g/mol. The second kappa shape index (κ2) is 8.86. The fraction of sp³-hybridized carbons (Fsp3) is 0.684. The van der Waals surface area contributed by atoms with Crippen LogP contribution in [0.4, 0.5) is 0 Å². The van der Waals surface area contributed by atoms with Crippen LogP contribution in [0.2, 0.25) is 0 Å². The van der Waals surface area contributed by atoms with E-state index in [2.05, 4.69) is 9.88 Å². The number of aromatic amines is 1. The number of morpholine rings is 1. The number of carbonyl (C=O) groups is 2. The maximum Gasteiger partial charge on any atom is 0.355 e. The number of fused-ring (bicyclic) bond motifs is 1. The third-order valence-electron chi connectivity index (χ3n) is 5.09. The number of ether oxygens (including phenoxy) is 4. The quantitative estimate of drug-likeness (QED) is 0.751. The lowest BCUT2D eigenvalue weighted by Crippen LogP contribution is -2.55. The van der Waals surface area contributed by atoms with Crippen molar-refractivity contribution in [3.05, 3.63) is 22.5 Å². The van der Waals surface area contributed by atoms with Gasteiger partial charge in [-0.1, -0.05) is 0 Å². The minimum Gasteiger partial charge on any atom is -0.462 e. The molecule has 3 rings (SSSR count). The predicted molar refractivity (Wildman–Crippen MR) is 96.8 cm³/mol. The molecule has 2 saturated heterocycles. The Morgan fingerprint density at radius 1 is 1.19 bits per heavy atom. The number of nitrogens with zero attached hydrogens (tertiary/aromatic N) is 1. The highest BCUT2D eigenvalue weighted by Crippen LogP contribution is 2.27. The average Bonchev–Trinajstić information content (AvgIpc) is 2.98. The molecule has 0 spiro atoms. The molecule has 0 bridgehead atoms. The topological polar surface area (TPSA) is 90.1 Å². The molecule has 27 heavy (non-hydrogen) atoms. The van der Waals surface area contributed by atoms with Crippen LogP contribution in [-0.4, -0.2) is 73.5 Å². The summed E-state index contributed by atoms with van der Waals surface area (Å²) in [5, 5.41) is 0. The lowest BCUT2D eigenvalue weighted by molar-refractivity contribution is -0.134. The van der Waals surface area contributed by atoms with Crippen LogP contribution in [0.25, 0.3) is 0 Å². The summed E-state index contributed by atoms with van der Waals surface area (Å²) >= 11 is 0. The van der Waals surface area contributed by atoms with Crippen molar-refractivity contribution < 1.29 is 28.5 Å². The Bertz CT molecular complexity index is 684. The van der Waals surface area contributed by atoms with Gasteiger partial charge in [-0.05, 0) is 32.8 Å². The number of H-pyrrole nitrogens is 1. The van der Waals surface area contributed by atoms with Crippen LogP contribution in [-0.2, 0) is 25.5 Å². The summed E-state index contributed by atoms with van der Waals surface area (Å²) in [4.78, 5) is 30.2. The number of hydrogen-bond donors (Lipinski definition) is 1. The highest BCUT2D eigenvalue weighted by Gasteiger charge is 2.36. The normalized spacial score (nSPS) is 22.9. The summed E-state index contributed by atoms with van der Waals surface area (Å²) in [7, 11) is 0. The molecule has 0 aromatic carbocycles. The number of rotatable bonds is 6. The molecule has 1 aromatic rings. The van der Waals surface area contributed by atoms with Gasteiger partial charge in [0, 0.05) is 25.4 Å². The molecule has 0 radical (unpaired) electrons. The molecule has 2 unspecified atom stereocenters. The molecular formula is C19H28N2O6. The molecule has 150 valence electrons. The van der Waals surface area contributed by atoms with Crippen LogP contribution in [0, 0.1) is 6.92 Å². The molecule has 0 aliphatic carbocycles. The van der Waals surface area contributed by atoms with Crippen molar-refractivity contribution in [1.29, 1.82) is 0 Å². The Labute approximate surface area is 159 Å². The van der Waals surface area contributed by atoms with Crippen molar-refractivity contribution in [2.75, 3.05) is 39.6 Å². The minimum atomic E-state index is -0.465. The summed E-state index contributed by atoms with van der Waals surface area (Å²) in [6.45, 7) is 8.96. The molecule has 8 heteroatoms. The lowest BCUT2D eigenvalue weighted by Gasteiger charge is -2.43. The van der Waals surface area contributed by atoms with Crippen molar-refractivity contribution in [1.82, 2.24) is 9.88 Å². The van der Waals surface area contributed by atoms with Crippen LogP contribution in [0.1, 0.15) is 52.4 Å². The van der Waals surface area contributed by atoms with E-state index in [0.29, 0.717) is 48.9 Å². The van der Waals surface area contributed by atoms with Crippen LogP contribution in [0.15, 0.2) is 0 Å². The SMILES string of the molecule is CCOC(=O)c1[nH]c(CN2CCOC3CCOCC32)c(C(=O)OCC)c1C. The predicted octanol–water partition coefficient (Wildman–Crippen LogP) is 1.67. The van der Waals surface area contributed by atoms with E-state index in [-0.39, 0.29) is 25.4 Å². The van der Waals surface area contributed by atoms with Crippen LogP contribution < -0.4 is 0 Å². The number of aromatic nitrogens is 1. The summed E-state index contributed by atoms with van der Waals surface area (Å²) in [6, 6.07) is 0.136. The van der Waals surface area contributed by atoms with E-state index in [4.69, 9.17) is 18.9 Å². The van der Waals surface area contributed by atoms with Gasteiger partial charge in [0.25, 0.3) is 0 Å². The standard InChI is InChI=1S/C19H28N2O6/c1-4-25-18(22)16-12(3)17(19(23)26-5-2)20-13(16)10-21-7-9-27-15-6-8-24-11-14(15)21/h14-15,20H,4-11H2,1-3H3. The Kier molecular flexibility index (Phi) is 6.51.